The first-order chi connectivity index (χ1) is 15.9. The summed E-state index contributed by atoms with van der Waals surface area (Å²) in [5.74, 6) is -0.999. The Kier molecular flexibility index (Phi) is 6.45. The molecule has 170 valence electrons. The molecule has 3 N–H and O–H groups in total. The number of benzene rings is 2. The Labute approximate surface area is 190 Å². The molecule has 0 aromatic heterocycles. The maximum absolute atomic E-state index is 12.9. The van der Waals surface area contributed by atoms with Crippen molar-refractivity contribution >= 4 is 23.5 Å². The first-order valence-corrected chi connectivity index (χ1v) is 10.7. The third kappa shape index (κ3) is 5.06. The smallest absolute Gasteiger partial charge is 0.306 e. The molecule has 0 spiro atoms. The molecule has 2 aliphatic rings. The van der Waals surface area contributed by atoms with E-state index >= 15 is 0 Å². The number of carboxylic acids is 1. The summed E-state index contributed by atoms with van der Waals surface area (Å²) < 4.78 is 10.6. The zero-order valence-electron chi connectivity index (χ0n) is 17.8. The third-order valence-electron chi connectivity index (χ3n) is 5.99. The van der Waals surface area contributed by atoms with Crippen molar-refractivity contribution in [2.45, 2.75) is 32.2 Å². The minimum absolute atomic E-state index is 0.160. The number of carboxylic acid groups (broad SMARTS) is 1. The lowest BCUT2D eigenvalue weighted by atomic mass is 9.81. The fourth-order valence-electron chi connectivity index (χ4n) is 4.08. The molecule has 9 nitrogen and oxygen atoms in total. The highest BCUT2D eigenvalue weighted by atomic mass is 16.7. The molecular formula is C24H23N3O6. The highest BCUT2D eigenvalue weighted by molar-refractivity contribution is 6.04. The number of anilines is 1. The first kappa shape index (κ1) is 22.1. The second-order valence-electron chi connectivity index (χ2n) is 8.12. The Morgan fingerprint density at radius 3 is 2.45 bits per heavy atom. The topological polar surface area (TPSA) is 138 Å². The van der Waals surface area contributed by atoms with Crippen molar-refractivity contribution in [3.63, 3.8) is 0 Å². The van der Waals surface area contributed by atoms with E-state index in [1.165, 1.54) is 18.2 Å². The fraction of sp³-hybridized carbons (Fsp3) is 0.333. The number of nitrogens with zero attached hydrogens (tertiary/aromatic N) is 1. The van der Waals surface area contributed by atoms with Crippen molar-refractivity contribution in [1.82, 2.24) is 5.32 Å². The highest BCUT2D eigenvalue weighted by Gasteiger charge is 2.30. The van der Waals surface area contributed by atoms with Gasteiger partial charge in [0.05, 0.1) is 28.8 Å². The Morgan fingerprint density at radius 2 is 1.73 bits per heavy atom. The van der Waals surface area contributed by atoms with Crippen molar-refractivity contribution in [2.75, 3.05) is 12.1 Å². The lowest BCUT2D eigenvalue weighted by Gasteiger charge is -2.25. The van der Waals surface area contributed by atoms with Crippen LogP contribution in [-0.4, -0.2) is 29.7 Å². The van der Waals surface area contributed by atoms with Crippen LogP contribution in [0.3, 0.4) is 0 Å². The van der Waals surface area contributed by atoms with Crippen LogP contribution >= 0.6 is 0 Å². The summed E-state index contributed by atoms with van der Waals surface area (Å²) in [6.45, 7) is 0.381. The van der Waals surface area contributed by atoms with Gasteiger partial charge in [-0.1, -0.05) is 6.07 Å². The van der Waals surface area contributed by atoms with Crippen molar-refractivity contribution in [3.8, 4) is 17.6 Å². The van der Waals surface area contributed by atoms with Crippen LogP contribution in [0.4, 0.5) is 5.69 Å². The molecule has 1 heterocycles. The van der Waals surface area contributed by atoms with Crippen LogP contribution in [0, 0.1) is 23.2 Å². The molecule has 1 aliphatic carbocycles. The average Bonchev–Trinajstić information content (AvgIpc) is 3.30. The van der Waals surface area contributed by atoms with Crippen LogP contribution in [0.25, 0.3) is 0 Å². The van der Waals surface area contributed by atoms with E-state index in [1.807, 2.05) is 12.1 Å². The van der Waals surface area contributed by atoms with Crippen molar-refractivity contribution in [2.24, 2.45) is 11.8 Å². The quantitative estimate of drug-likeness (QED) is 0.616. The number of nitrogens with one attached hydrogen (secondary N) is 2. The van der Waals surface area contributed by atoms with Crippen molar-refractivity contribution < 1.29 is 29.0 Å². The number of hydrogen-bond acceptors (Lipinski definition) is 6. The predicted molar refractivity (Wildman–Crippen MR) is 117 cm³/mol. The van der Waals surface area contributed by atoms with E-state index in [2.05, 4.69) is 10.6 Å². The number of nitriles is 1. The standard InChI is InChI=1S/C24H23N3O6/c25-11-14-1-7-19(27-22(28)16-3-5-17(6-4-16)24(30)31)18(9-14)23(29)26-12-15-2-8-20-21(10-15)33-13-32-20/h1-2,7-10,16-17H,3-6,12-13H2,(H,26,29)(H,27,28)(H,30,31)/t16-,17-. The van der Waals surface area contributed by atoms with Gasteiger partial charge in [0.25, 0.3) is 5.91 Å². The summed E-state index contributed by atoms with van der Waals surface area (Å²) in [7, 11) is 0. The lowest BCUT2D eigenvalue weighted by molar-refractivity contribution is -0.143. The molecule has 0 atom stereocenters. The van der Waals surface area contributed by atoms with E-state index in [9.17, 15) is 19.6 Å². The minimum atomic E-state index is -0.831. The molecule has 9 heteroatoms. The number of fused-ring (bicyclic) bond motifs is 1. The maximum Gasteiger partial charge on any atom is 0.306 e. The van der Waals surface area contributed by atoms with Crippen molar-refractivity contribution in [1.29, 1.82) is 5.26 Å². The van der Waals surface area contributed by atoms with Crippen LogP contribution in [0.15, 0.2) is 36.4 Å². The third-order valence-corrected chi connectivity index (χ3v) is 5.99. The molecule has 1 saturated carbocycles. The van der Waals surface area contributed by atoms with E-state index in [0.717, 1.165) is 5.56 Å². The summed E-state index contributed by atoms with van der Waals surface area (Å²) in [5, 5.41) is 24.0. The number of aliphatic carboxylic acids is 1. The zero-order valence-corrected chi connectivity index (χ0v) is 17.8. The van der Waals surface area contributed by atoms with E-state index in [1.54, 1.807) is 12.1 Å². The van der Waals surface area contributed by atoms with Gasteiger partial charge in [-0.2, -0.15) is 5.26 Å². The van der Waals surface area contributed by atoms with Gasteiger partial charge in [0, 0.05) is 12.5 Å². The summed E-state index contributed by atoms with van der Waals surface area (Å²) >= 11 is 0. The molecule has 1 fully saturated rings. The van der Waals surface area contributed by atoms with Crippen LogP contribution in [-0.2, 0) is 16.1 Å². The maximum atomic E-state index is 12.9. The van der Waals surface area contributed by atoms with E-state index in [-0.39, 0.29) is 30.7 Å². The van der Waals surface area contributed by atoms with Crippen LogP contribution < -0.4 is 20.1 Å². The van der Waals surface area contributed by atoms with E-state index < -0.39 is 17.8 Å². The van der Waals surface area contributed by atoms with Crippen LogP contribution in [0.5, 0.6) is 11.5 Å². The number of carbonyl (C=O) groups is 3. The van der Waals surface area contributed by atoms with E-state index in [0.29, 0.717) is 48.4 Å². The zero-order chi connectivity index (χ0) is 23.4. The second-order valence-corrected chi connectivity index (χ2v) is 8.12. The molecule has 2 amide bonds. The molecule has 0 bridgehead atoms. The molecule has 33 heavy (non-hydrogen) atoms. The van der Waals surface area contributed by atoms with Crippen LogP contribution in [0.2, 0.25) is 0 Å². The molecule has 2 aromatic rings. The van der Waals surface area contributed by atoms with Gasteiger partial charge in [0.2, 0.25) is 12.7 Å². The Morgan fingerprint density at radius 1 is 1.00 bits per heavy atom. The van der Waals surface area contributed by atoms with Gasteiger partial charge in [0.1, 0.15) is 0 Å². The number of rotatable bonds is 6. The van der Waals surface area contributed by atoms with Gasteiger partial charge in [-0.25, -0.2) is 0 Å². The summed E-state index contributed by atoms with van der Waals surface area (Å²) in [6.07, 6.45) is 1.85. The molecule has 0 radical (unpaired) electrons. The Hall–Kier alpha value is -4.06. The minimum Gasteiger partial charge on any atom is -0.481 e. The van der Waals surface area contributed by atoms with Gasteiger partial charge >= 0.3 is 5.97 Å². The Bertz CT molecular complexity index is 1130. The molecular weight excluding hydrogens is 426 g/mol. The molecule has 0 saturated heterocycles. The lowest BCUT2D eigenvalue weighted by Crippen LogP contribution is -2.31. The van der Waals surface area contributed by atoms with Crippen molar-refractivity contribution in [3.05, 3.63) is 53.1 Å². The molecule has 1 aliphatic heterocycles. The number of hydrogen-bond donors (Lipinski definition) is 3. The normalized spacial score (nSPS) is 18.8. The van der Waals surface area contributed by atoms with Crippen LogP contribution in [0.1, 0.15) is 47.2 Å². The summed E-state index contributed by atoms with van der Waals surface area (Å²) in [4.78, 5) is 36.8. The molecule has 2 aromatic carbocycles. The predicted octanol–water partition coefficient (Wildman–Crippen LogP) is 3.05. The molecule has 0 unspecified atom stereocenters. The average molecular weight is 449 g/mol. The fourth-order valence-corrected chi connectivity index (χ4v) is 4.08. The molecule has 4 rings (SSSR count). The monoisotopic (exact) mass is 449 g/mol. The first-order valence-electron chi connectivity index (χ1n) is 10.7. The number of ether oxygens (including phenoxy) is 2. The van der Waals surface area contributed by atoms with Gasteiger partial charge in [-0.3, -0.25) is 14.4 Å². The van der Waals surface area contributed by atoms with Gasteiger partial charge in [0.15, 0.2) is 11.5 Å². The largest absolute Gasteiger partial charge is 0.481 e. The Balaban J connectivity index is 1.44. The number of carbonyl (C=O) groups excluding carboxylic acids is 2. The highest BCUT2D eigenvalue weighted by Crippen LogP contribution is 2.33. The van der Waals surface area contributed by atoms with E-state index in [4.69, 9.17) is 14.6 Å². The SMILES string of the molecule is N#Cc1ccc(NC(=O)[C@H]2CC[C@H](C(=O)O)CC2)c(C(=O)NCc2ccc3c(c2)OCO3)c1. The number of amides is 2. The summed E-state index contributed by atoms with van der Waals surface area (Å²) in [6, 6.07) is 11.9. The summed E-state index contributed by atoms with van der Waals surface area (Å²) in [5.41, 5.74) is 1.60. The van der Waals surface area contributed by atoms with Gasteiger partial charge in [-0.05, 0) is 61.6 Å². The second kappa shape index (κ2) is 9.61. The van der Waals surface area contributed by atoms with Gasteiger partial charge < -0.3 is 25.2 Å². The van der Waals surface area contributed by atoms with Gasteiger partial charge in [-0.15, -0.1) is 0 Å².